The van der Waals surface area contributed by atoms with Gasteiger partial charge in [0, 0.05) is 19.3 Å². The summed E-state index contributed by atoms with van der Waals surface area (Å²) in [6.07, 6.45) is 3.86. The predicted octanol–water partition coefficient (Wildman–Crippen LogP) is 3.46. The number of hydrogen-bond acceptors (Lipinski definition) is 2. The Hall–Kier alpha value is -0.0800. The first-order valence-electron chi connectivity index (χ1n) is 7.72. The number of hydrogen-bond donors (Lipinski definition) is 1. The van der Waals surface area contributed by atoms with Gasteiger partial charge < -0.3 is 10.1 Å². The van der Waals surface area contributed by atoms with Crippen LogP contribution in [0.15, 0.2) is 0 Å². The second kappa shape index (κ2) is 5.13. The minimum atomic E-state index is 0.491. The van der Waals surface area contributed by atoms with Crippen molar-refractivity contribution in [2.24, 2.45) is 22.7 Å². The molecule has 0 bridgehead atoms. The average molecular weight is 253 g/mol. The maximum Gasteiger partial charge on any atom is 0.0468 e. The zero-order valence-corrected chi connectivity index (χ0v) is 12.9. The van der Waals surface area contributed by atoms with Gasteiger partial charge in [-0.1, -0.05) is 34.6 Å². The van der Waals surface area contributed by atoms with Gasteiger partial charge in [-0.3, -0.25) is 0 Å². The average Bonchev–Trinajstić information content (AvgIpc) is 2.70. The second-order valence-corrected chi connectivity index (χ2v) is 7.38. The van der Waals surface area contributed by atoms with Crippen LogP contribution in [0.25, 0.3) is 0 Å². The summed E-state index contributed by atoms with van der Waals surface area (Å²) >= 11 is 0. The van der Waals surface area contributed by atoms with E-state index < -0.39 is 0 Å². The third-order valence-corrected chi connectivity index (χ3v) is 5.93. The van der Waals surface area contributed by atoms with E-state index in [1.165, 1.54) is 19.3 Å². The molecule has 2 fully saturated rings. The van der Waals surface area contributed by atoms with E-state index in [0.29, 0.717) is 16.9 Å². The summed E-state index contributed by atoms with van der Waals surface area (Å²) in [6.45, 7) is 15.0. The van der Waals surface area contributed by atoms with Crippen molar-refractivity contribution < 1.29 is 4.74 Å². The standard InChI is InChI=1S/C16H31NO/c1-6-17-13(11-12-7-9-18-10-8-12)14-15(2,3)16(14,4)5/h12-14,17H,6-11H2,1-5H3. The Kier molecular flexibility index (Phi) is 4.08. The molecule has 1 aliphatic heterocycles. The highest BCUT2D eigenvalue weighted by Crippen LogP contribution is 2.70. The van der Waals surface area contributed by atoms with Crippen molar-refractivity contribution in [1.29, 1.82) is 0 Å². The molecule has 0 radical (unpaired) electrons. The first-order chi connectivity index (χ1) is 8.41. The van der Waals surface area contributed by atoms with Crippen LogP contribution in [0.5, 0.6) is 0 Å². The third kappa shape index (κ3) is 2.46. The zero-order valence-electron chi connectivity index (χ0n) is 12.9. The molecule has 0 aromatic carbocycles. The van der Waals surface area contributed by atoms with Crippen molar-refractivity contribution in [3.8, 4) is 0 Å². The lowest BCUT2D eigenvalue weighted by Crippen LogP contribution is -2.36. The van der Waals surface area contributed by atoms with Crippen molar-refractivity contribution in [2.75, 3.05) is 19.8 Å². The van der Waals surface area contributed by atoms with Crippen LogP contribution in [-0.2, 0) is 4.74 Å². The van der Waals surface area contributed by atoms with Crippen LogP contribution in [0.2, 0.25) is 0 Å². The molecule has 106 valence electrons. The van der Waals surface area contributed by atoms with E-state index in [9.17, 15) is 0 Å². The Labute approximate surface area is 113 Å². The Morgan fingerprint density at radius 1 is 1.11 bits per heavy atom. The third-order valence-electron chi connectivity index (χ3n) is 5.93. The SMILES string of the molecule is CCNC(CC1CCOCC1)C1C(C)(C)C1(C)C. The lowest BCUT2D eigenvalue weighted by Gasteiger charge is -2.28. The topological polar surface area (TPSA) is 21.3 Å². The second-order valence-electron chi connectivity index (χ2n) is 7.38. The lowest BCUT2D eigenvalue weighted by molar-refractivity contribution is 0.0589. The fourth-order valence-electron chi connectivity index (χ4n) is 4.19. The van der Waals surface area contributed by atoms with Crippen LogP contribution in [0.1, 0.15) is 53.9 Å². The minimum absolute atomic E-state index is 0.491. The van der Waals surface area contributed by atoms with Gasteiger partial charge in [-0.05, 0) is 48.5 Å². The monoisotopic (exact) mass is 253 g/mol. The molecule has 0 aromatic rings. The van der Waals surface area contributed by atoms with Crippen LogP contribution in [0.4, 0.5) is 0 Å². The van der Waals surface area contributed by atoms with Crippen molar-refractivity contribution in [3.05, 3.63) is 0 Å². The molecule has 0 aromatic heterocycles. The summed E-state index contributed by atoms with van der Waals surface area (Å²) in [5.41, 5.74) is 0.982. The van der Waals surface area contributed by atoms with Gasteiger partial charge in [0.2, 0.25) is 0 Å². The van der Waals surface area contributed by atoms with Crippen LogP contribution >= 0.6 is 0 Å². The Balaban J connectivity index is 1.96. The van der Waals surface area contributed by atoms with Crippen LogP contribution in [0, 0.1) is 22.7 Å². The Morgan fingerprint density at radius 2 is 1.67 bits per heavy atom. The van der Waals surface area contributed by atoms with Crippen molar-refractivity contribution in [1.82, 2.24) is 5.32 Å². The van der Waals surface area contributed by atoms with E-state index in [1.807, 2.05) is 0 Å². The summed E-state index contributed by atoms with van der Waals surface area (Å²) in [4.78, 5) is 0. The minimum Gasteiger partial charge on any atom is -0.381 e. The largest absolute Gasteiger partial charge is 0.381 e. The maximum absolute atomic E-state index is 5.48. The molecule has 1 saturated heterocycles. The van der Waals surface area contributed by atoms with Crippen molar-refractivity contribution in [3.63, 3.8) is 0 Å². The highest BCUT2D eigenvalue weighted by Gasteiger charge is 2.66. The quantitative estimate of drug-likeness (QED) is 0.810. The lowest BCUT2D eigenvalue weighted by atomic mass is 9.88. The van der Waals surface area contributed by atoms with Gasteiger partial charge in [-0.15, -0.1) is 0 Å². The van der Waals surface area contributed by atoms with E-state index in [0.717, 1.165) is 31.6 Å². The Morgan fingerprint density at radius 3 is 2.11 bits per heavy atom. The fourth-order valence-corrected chi connectivity index (χ4v) is 4.19. The Bertz CT molecular complexity index is 265. The summed E-state index contributed by atoms with van der Waals surface area (Å²) in [6, 6.07) is 0.697. The molecule has 0 spiro atoms. The first-order valence-corrected chi connectivity index (χ1v) is 7.72. The fraction of sp³-hybridized carbons (Fsp3) is 1.00. The van der Waals surface area contributed by atoms with Gasteiger partial charge in [-0.25, -0.2) is 0 Å². The van der Waals surface area contributed by atoms with E-state index in [4.69, 9.17) is 4.74 Å². The summed E-state index contributed by atoms with van der Waals surface area (Å²) in [5.74, 6) is 1.70. The van der Waals surface area contributed by atoms with Gasteiger partial charge in [0.25, 0.3) is 0 Å². The molecule has 1 N–H and O–H groups in total. The maximum atomic E-state index is 5.48. The highest BCUT2D eigenvalue weighted by molar-refractivity contribution is 5.16. The molecule has 1 atom stereocenters. The first kappa shape index (κ1) is 14.3. The summed E-state index contributed by atoms with van der Waals surface area (Å²) in [7, 11) is 0. The molecule has 2 nitrogen and oxygen atoms in total. The molecule has 2 rings (SSSR count). The zero-order chi connectivity index (χ0) is 13.4. The predicted molar refractivity (Wildman–Crippen MR) is 76.7 cm³/mol. The molecule has 18 heavy (non-hydrogen) atoms. The normalized spacial score (nSPS) is 29.2. The van der Waals surface area contributed by atoms with Crippen LogP contribution < -0.4 is 5.32 Å². The molecule has 2 aliphatic rings. The molecule has 1 unspecified atom stereocenters. The van der Waals surface area contributed by atoms with E-state index in [-0.39, 0.29) is 0 Å². The molecule has 0 amide bonds. The van der Waals surface area contributed by atoms with Crippen LogP contribution in [-0.4, -0.2) is 25.8 Å². The molecule has 1 saturated carbocycles. The summed E-state index contributed by atoms with van der Waals surface area (Å²) in [5, 5.41) is 3.76. The number of ether oxygens (including phenoxy) is 1. The smallest absolute Gasteiger partial charge is 0.0468 e. The molecule has 1 aliphatic carbocycles. The van der Waals surface area contributed by atoms with Gasteiger partial charge in [0.05, 0.1) is 0 Å². The van der Waals surface area contributed by atoms with Gasteiger partial charge in [0.1, 0.15) is 0 Å². The van der Waals surface area contributed by atoms with E-state index in [1.54, 1.807) is 0 Å². The van der Waals surface area contributed by atoms with Gasteiger partial charge in [-0.2, -0.15) is 0 Å². The molecule has 1 heterocycles. The highest BCUT2D eigenvalue weighted by atomic mass is 16.5. The van der Waals surface area contributed by atoms with E-state index >= 15 is 0 Å². The van der Waals surface area contributed by atoms with Crippen molar-refractivity contribution in [2.45, 2.75) is 59.9 Å². The van der Waals surface area contributed by atoms with Crippen LogP contribution in [0.3, 0.4) is 0 Å². The molecular formula is C16H31NO. The molecular weight excluding hydrogens is 222 g/mol. The number of nitrogens with one attached hydrogen (secondary N) is 1. The molecule has 2 heteroatoms. The van der Waals surface area contributed by atoms with Gasteiger partial charge >= 0.3 is 0 Å². The summed E-state index contributed by atoms with van der Waals surface area (Å²) < 4.78 is 5.48. The number of rotatable bonds is 5. The van der Waals surface area contributed by atoms with Gasteiger partial charge in [0.15, 0.2) is 0 Å². The van der Waals surface area contributed by atoms with E-state index in [2.05, 4.69) is 39.9 Å². The van der Waals surface area contributed by atoms with Crippen molar-refractivity contribution >= 4 is 0 Å².